The second-order valence-electron chi connectivity index (χ2n) is 3.91. The number of carbonyl (C=O) groups is 1. The predicted molar refractivity (Wildman–Crippen MR) is 74.8 cm³/mol. The number of nitrogens with one attached hydrogen (secondary N) is 1. The summed E-state index contributed by atoms with van der Waals surface area (Å²) in [6.45, 7) is 2.00. The number of hydrogen-bond donors (Lipinski definition) is 1. The first-order chi connectivity index (χ1) is 8.66. The number of amides is 1. The van der Waals surface area contributed by atoms with Crippen LogP contribution in [0.5, 0.6) is 0 Å². The molecule has 0 fully saturated rings. The molecule has 2 aromatic heterocycles. The Morgan fingerprint density at radius 2 is 2.50 bits per heavy atom. The molecule has 0 aliphatic heterocycles. The van der Waals surface area contributed by atoms with Gasteiger partial charge in [-0.1, -0.05) is 17.8 Å². The van der Waals surface area contributed by atoms with Gasteiger partial charge in [0.05, 0.1) is 11.8 Å². The van der Waals surface area contributed by atoms with Gasteiger partial charge in [0.15, 0.2) is 5.16 Å². The Hall–Kier alpha value is -1.27. The Kier molecular flexibility index (Phi) is 4.43. The van der Waals surface area contributed by atoms with E-state index in [1.807, 2.05) is 42.2 Å². The van der Waals surface area contributed by atoms with Crippen LogP contribution in [-0.4, -0.2) is 21.2 Å². The SMILES string of the molecule is C[C@H](NC(=O)CSc1nccn1C)c1cccs1. The molecule has 0 radical (unpaired) electrons. The predicted octanol–water partition coefficient (Wildman–Crippen LogP) is 2.45. The van der Waals surface area contributed by atoms with Crippen molar-refractivity contribution in [2.75, 3.05) is 5.75 Å². The van der Waals surface area contributed by atoms with E-state index in [2.05, 4.69) is 10.3 Å². The summed E-state index contributed by atoms with van der Waals surface area (Å²) in [5.41, 5.74) is 0. The Bertz CT molecular complexity index is 507. The Balaban J connectivity index is 1.81. The van der Waals surface area contributed by atoms with Crippen molar-refractivity contribution in [2.24, 2.45) is 7.05 Å². The van der Waals surface area contributed by atoms with Crippen molar-refractivity contribution in [2.45, 2.75) is 18.1 Å². The quantitative estimate of drug-likeness (QED) is 0.856. The third kappa shape index (κ3) is 3.36. The second kappa shape index (κ2) is 6.06. The first-order valence-electron chi connectivity index (χ1n) is 5.59. The van der Waals surface area contributed by atoms with Gasteiger partial charge >= 0.3 is 0 Å². The number of nitrogens with zero attached hydrogens (tertiary/aromatic N) is 2. The summed E-state index contributed by atoms with van der Waals surface area (Å²) in [6.07, 6.45) is 3.60. The topological polar surface area (TPSA) is 46.9 Å². The summed E-state index contributed by atoms with van der Waals surface area (Å²) < 4.78 is 1.90. The molecular formula is C12H15N3OS2. The molecule has 2 rings (SSSR count). The fourth-order valence-corrected chi connectivity index (χ4v) is 2.99. The van der Waals surface area contributed by atoms with Crippen LogP contribution in [-0.2, 0) is 11.8 Å². The summed E-state index contributed by atoms with van der Waals surface area (Å²) in [4.78, 5) is 17.1. The zero-order chi connectivity index (χ0) is 13.0. The molecule has 1 atom stereocenters. The minimum Gasteiger partial charge on any atom is -0.348 e. The maximum Gasteiger partial charge on any atom is 0.230 e. The molecule has 1 amide bonds. The van der Waals surface area contributed by atoms with Crippen LogP contribution in [0, 0.1) is 0 Å². The molecule has 2 heterocycles. The summed E-state index contributed by atoms with van der Waals surface area (Å²) in [5, 5.41) is 5.85. The fourth-order valence-electron chi connectivity index (χ4n) is 1.51. The number of aryl methyl sites for hydroxylation is 1. The van der Waals surface area contributed by atoms with Crippen LogP contribution in [0.2, 0.25) is 0 Å². The summed E-state index contributed by atoms with van der Waals surface area (Å²) in [7, 11) is 1.92. The molecule has 0 bridgehead atoms. The number of aromatic nitrogens is 2. The van der Waals surface area contributed by atoms with E-state index in [-0.39, 0.29) is 11.9 Å². The van der Waals surface area contributed by atoms with Crippen molar-refractivity contribution in [1.82, 2.24) is 14.9 Å². The lowest BCUT2D eigenvalue weighted by molar-refractivity contribution is -0.119. The molecule has 2 aromatic rings. The largest absolute Gasteiger partial charge is 0.348 e. The van der Waals surface area contributed by atoms with Crippen molar-refractivity contribution in [3.8, 4) is 0 Å². The number of imidazole rings is 1. The molecule has 96 valence electrons. The van der Waals surface area contributed by atoms with E-state index in [1.165, 1.54) is 16.6 Å². The molecule has 0 aliphatic carbocycles. The number of thiophene rings is 1. The number of rotatable bonds is 5. The average Bonchev–Trinajstić information content (AvgIpc) is 2.97. The van der Waals surface area contributed by atoms with Crippen LogP contribution in [0.25, 0.3) is 0 Å². The standard InChI is InChI=1S/C12H15N3OS2/c1-9(10-4-3-7-17-10)14-11(16)8-18-12-13-5-6-15(12)2/h3-7,9H,8H2,1-2H3,(H,14,16)/t9-/m0/s1. The average molecular weight is 281 g/mol. The Labute approximate surface area is 114 Å². The maximum absolute atomic E-state index is 11.8. The van der Waals surface area contributed by atoms with Gasteiger partial charge in [0, 0.05) is 24.3 Å². The van der Waals surface area contributed by atoms with E-state index in [4.69, 9.17) is 0 Å². The third-order valence-corrected chi connectivity index (χ3v) is 4.57. The molecule has 4 nitrogen and oxygen atoms in total. The van der Waals surface area contributed by atoms with Crippen LogP contribution in [0.3, 0.4) is 0 Å². The van der Waals surface area contributed by atoms with Crippen molar-refractivity contribution in [3.05, 3.63) is 34.8 Å². The first kappa shape index (κ1) is 13.2. The lowest BCUT2D eigenvalue weighted by Crippen LogP contribution is -2.27. The highest BCUT2D eigenvalue weighted by Gasteiger charge is 2.11. The van der Waals surface area contributed by atoms with Gasteiger partial charge < -0.3 is 9.88 Å². The van der Waals surface area contributed by atoms with Gasteiger partial charge in [-0.3, -0.25) is 4.79 Å². The molecule has 0 aromatic carbocycles. The minimum atomic E-state index is 0.0314. The van der Waals surface area contributed by atoms with Crippen molar-refractivity contribution in [1.29, 1.82) is 0 Å². The molecular weight excluding hydrogens is 266 g/mol. The van der Waals surface area contributed by atoms with Crippen molar-refractivity contribution < 1.29 is 4.79 Å². The monoisotopic (exact) mass is 281 g/mol. The first-order valence-corrected chi connectivity index (χ1v) is 7.46. The number of hydrogen-bond acceptors (Lipinski definition) is 4. The maximum atomic E-state index is 11.8. The van der Waals surface area contributed by atoms with Crippen LogP contribution < -0.4 is 5.32 Å². The summed E-state index contributed by atoms with van der Waals surface area (Å²) in [6, 6.07) is 4.09. The van der Waals surface area contributed by atoms with Gasteiger partial charge in [-0.25, -0.2) is 4.98 Å². The van der Waals surface area contributed by atoms with Gasteiger partial charge in [-0.05, 0) is 18.4 Å². The lowest BCUT2D eigenvalue weighted by atomic mass is 10.3. The highest BCUT2D eigenvalue weighted by atomic mass is 32.2. The van der Waals surface area contributed by atoms with E-state index in [0.717, 1.165) is 5.16 Å². The van der Waals surface area contributed by atoms with Gasteiger partial charge in [0.25, 0.3) is 0 Å². The molecule has 1 N–H and O–H groups in total. The number of thioether (sulfide) groups is 1. The van der Waals surface area contributed by atoms with E-state index in [1.54, 1.807) is 17.5 Å². The Morgan fingerprint density at radius 1 is 1.67 bits per heavy atom. The van der Waals surface area contributed by atoms with Gasteiger partial charge in [0.2, 0.25) is 5.91 Å². The molecule has 0 unspecified atom stereocenters. The molecule has 0 aliphatic rings. The molecule has 18 heavy (non-hydrogen) atoms. The smallest absolute Gasteiger partial charge is 0.230 e. The van der Waals surface area contributed by atoms with E-state index in [0.29, 0.717) is 5.75 Å². The molecule has 0 spiro atoms. The van der Waals surface area contributed by atoms with Crippen molar-refractivity contribution >= 4 is 29.0 Å². The molecule has 0 saturated heterocycles. The summed E-state index contributed by atoms with van der Waals surface area (Å²) in [5.74, 6) is 0.421. The van der Waals surface area contributed by atoms with Crippen LogP contribution in [0.1, 0.15) is 17.8 Å². The van der Waals surface area contributed by atoms with Crippen LogP contribution in [0.4, 0.5) is 0 Å². The zero-order valence-corrected chi connectivity index (χ0v) is 11.9. The molecule has 6 heteroatoms. The Morgan fingerprint density at radius 3 is 3.11 bits per heavy atom. The highest BCUT2D eigenvalue weighted by molar-refractivity contribution is 7.99. The third-order valence-electron chi connectivity index (χ3n) is 2.46. The number of carbonyl (C=O) groups excluding carboxylic acids is 1. The van der Waals surface area contributed by atoms with E-state index < -0.39 is 0 Å². The second-order valence-corrected chi connectivity index (χ2v) is 5.84. The van der Waals surface area contributed by atoms with Gasteiger partial charge in [-0.15, -0.1) is 11.3 Å². The lowest BCUT2D eigenvalue weighted by Gasteiger charge is -2.11. The minimum absolute atomic E-state index is 0.0314. The fraction of sp³-hybridized carbons (Fsp3) is 0.333. The summed E-state index contributed by atoms with van der Waals surface area (Å²) >= 11 is 3.10. The highest BCUT2D eigenvalue weighted by Crippen LogP contribution is 2.19. The van der Waals surface area contributed by atoms with Crippen LogP contribution in [0.15, 0.2) is 35.1 Å². The van der Waals surface area contributed by atoms with Gasteiger partial charge in [0.1, 0.15) is 0 Å². The van der Waals surface area contributed by atoms with Crippen LogP contribution >= 0.6 is 23.1 Å². The van der Waals surface area contributed by atoms with E-state index >= 15 is 0 Å². The van der Waals surface area contributed by atoms with E-state index in [9.17, 15) is 4.79 Å². The van der Waals surface area contributed by atoms with Crippen molar-refractivity contribution in [3.63, 3.8) is 0 Å². The van der Waals surface area contributed by atoms with Gasteiger partial charge in [-0.2, -0.15) is 0 Å². The molecule has 0 saturated carbocycles. The zero-order valence-electron chi connectivity index (χ0n) is 10.3. The normalized spacial score (nSPS) is 12.3.